The summed E-state index contributed by atoms with van der Waals surface area (Å²) in [5, 5.41) is 0. The van der Waals surface area contributed by atoms with E-state index in [1.165, 1.54) is 44.1 Å². The van der Waals surface area contributed by atoms with Crippen LogP contribution in [0.15, 0.2) is 23.8 Å². The van der Waals surface area contributed by atoms with Crippen molar-refractivity contribution in [3.63, 3.8) is 0 Å². The number of hydrogen-bond donors (Lipinski definition) is 0. The van der Waals surface area contributed by atoms with Gasteiger partial charge in [-0.15, -0.1) is 0 Å². The van der Waals surface area contributed by atoms with Crippen molar-refractivity contribution in [3.05, 3.63) is 23.8 Å². The second kappa shape index (κ2) is 5.59. The first-order chi connectivity index (χ1) is 13.1. The van der Waals surface area contributed by atoms with Crippen LogP contribution in [0.3, 0.4) is 0 Å². The van der Waals surface area contributed by atoms with Gasteiger partial charge < -0.3 is 4.74 Å². The lowest BCUT2D eigenvalue weighted by atomic mass is 9.45. The molecule has 146 valence electrons. The molecule has 0 bridgehead atoms. The third-order valence-corrected chi connectivity index (χ3v) is 10.1. The van der Waals surface area contributed by atoms with Crippen molar-refractivity contribution in [2.45, 2.75) is 70.8 Å². The monoisotopic (exact) mass is 366 g/mol. The van der Waals surface area contributed by atoms with Crippen molar-refractivity contribution in [2.24, 2.45) is 46.8 Å². The van der Waals surface area contributed by atoms with Crippen LogP contribution in [-0.2, 0) is 9.53 Å². The highest BCUT2D eigenvalue weighted by molar-refractivity contribution is 5.91. The number of hydrogen-bond acceptors (Lipinski definition) is 2. The lowest BCUT2D eigenvalue weighted by Crippen LogP contribution is -2.57. The molecule has 0 aromatic carbocycles. The molecular weight excluding hydrogens is 332 g/mol. The molecule has 27 heavy (non-hydrogen) atoms. The molecule has 4 fully saturated rings. The van der Waals surface area contributed by atoms with E-state index >= 15 is 0 Å². The Morgan fingerprint density at radius 1 is 1.22 bits per heavy atom. The minimum absolute atomic E-state index is 0.0684. The predicted molar refractivity (Wildman–Crippen MR) is 106 cm³/mol. The quantitative estimate of drug-likeness (QED) is 0.617. The molecule has 0 radical (unpaired) electrons. The smallest absolute Gasteiger partial charge is 0.155 e. The molecule has 6 rings (SSSR count). The molecule has 0 aromatic heterocycles. The van der Waals surface area contributed by atoms with Crippen LogP contribution in [0.25, 0.3) is 0 Å². The topological polar surface area (TPSA) is 26.3 Å². The lowest BCUT2D eigenvalue weighted by Gasteiger charge is -2.60. The van der Waals surface area contributed by atoms with E-state index in [4.69, 9.17) is 4.74 Å². The Morgan fingerprint density at radius 2 is 2.11 bits per heavy atom. The van der Waals surface area contributed by atoms with E-state index < -0.39 is 0 Å². The molecule has 0 N–H and O–H groups in total. The summed E-state index contributed by atoms with van der Waals surface area (Å²) in [5.74, 6) is 6.13. The number of carbonyl (C=O) groups excluding carboxylic acids is 1. The van der Waals surface area contributed by atoms with Crippen LogP contribution in [0.2, 0.25) is 0 Å². The maximum Gasteiger partial charge on any atom is 0.155 e. The largest absolute Gasteiger partial charge is 0.366 e. The van der Waals surface area contributed by atoms with Crippen LogP contribution in [0.4, 0.5) is 0 Å². The summed E-state index contributed by atoms with van der Waals surface area (Å²) in [4.78, 5) is 12.1. The molecule has 5 aliphatic carbocycles. The Balaban J connectivity index is 1.44. The van der Waals surface area contributed by atoms with Crippen molar-refractivity contribution < 1.29 is 9.53 Å². The summed E-state index contributed by atoms with van der Waals surface area (Å²) < 4.78 is 6.62. The second-order valence-corrected chi connectivity index (χ2v) is 10.5. The Bertz CT molecular complexity index is 735. The maximum absolute atomic E-state index is 12.1. The molecule has 2 heteroatoms. The van der Waals surface area contributed by atoms with E-state index in [0.717, 1.165) is 55.0 Å². The number of allylic oxidation sites excluding steroid dienone is 1. The van der Waals surface area contributed by atoms with Gasteiger partial charge in [0, 0.05) is 11.8 Å². The molecule has 4 saturated carbocycles. The zero-order valence-electron chi connectivity index (χ0n) is 17.0. The van der Waals surface area contributed by atoms with Gasteiger partial charge in [0.05, 0.1) is 12.2 Å². The molecule has 1 heterocycles. The average molecular weight is 367 g/mol. The fourth-order valence-corrected chi connectivity index (χ4v) is 9.27. The second-order valence-electron chi connectivity index (χ2n) is 10.5. The van der Waals surface area contributed by atoms with E-state index in [1.807, 2.05) is 0 Å². The number of carbonyl (C=O) groups is 1. The summed E-state index contributed by atoms with van der Waals surface area (Å²) in [6, 6.07) is 0. The van der Waals surface area contributed by atoms with Crippen molar-refractivity contribution in [2.75, 3.05) is 6.61 Å². The third kappa shape index (κ3) is 1.94. The maximum atomic E-state index is 12.1. The van der Waals surface area contributed by atoms with Crippen molar-refractivity contribution >= 4 is 5.78 Å². The zero-order chi connectivity index (χ0) is 18.4. The third-order valence-electron chi connectivity index (χ3n) is 10.1. The van der Waals surface area contributed by atoms with Crippen molar-refractivity contribution in [1.29, 1.82) is 0 Å². The van der Waals surface area contributed by atoms with E-state index in [0.29, 0.717) is 17.1 Å². The number of ketones is 1. The van der Waals surface area contributed by atoms with Gasteiger partial charge in [-0.2, -0.15) is 0 Å². The zero-order valence-corrected chi connectivity index (χ0v) is 17.0. The highest BCUT2D eigenvalue weighted by atomic mass is 16.5. The van der Waals surface area contributed by atoms with Crippen LogP contribution in [0.1, 0.15) is 65.2 Å². The van der Waals surface area contributed by atoms with Crippen molar-refractivity contribution in [1.82, 2.24) is 0 Å². The summed E-state index contributed by atoms with van der Waals surface area (Å²) >= 11 is 0. The van der Waals surface area contributed by atoms with E-state index in [9.17, 15) is 4.79 Å². The summed E-state index contributed by atoms with van der Waals surface area (Å²) in [6.07, 6.45) is 16.7. The SMILES string of the molecule is CC[C@H]1CC2=CC(=O)CC[C@@H]2[C@H]2CC[C@@]3(CC)[C@@H]([C@@H]4C[C@@H]4[C@@]34C=CCO4)[C@H]12. The van der Waals surface area contributed by atoms with Gasteiger partial charge >= 0.3 is 0 Å². The first-order valence-electron chi connectivity index (χ1n) is 11.7. The van der Waals surface area contributed by atoms with Crippen LogP contribution >= 0.6 is 0 Å². The number of rotatable bonds is 2. The van der Waals surface area contributed by atoms with Gasteiger partial charge in [0.1, 0.15) is 0 Å². The average Bonchev–Trinajstić information content (AvgIpc) is 3.26. The minimum atomic E-state index is 0.0684. The summed E-state index contributed by atoms with van der Waals surface area (Å²) in [6.45, 7) is 5.68. The van der Waals surface area contributed by atoms with Gasteiger partial charge in [-0.3, -0.25) is 4.79 Å². The Hall–Kier alpha value is -0.890. The lowest BCUT2D eigenvalue weighted by molar-refractivity contribution is -0.152. The molecule has 0 amide bonds. The summed E-state index contributed by atoms with van der Waals surface area (Å²) in [5.41, 5.74) is 1.98. The van der Waals surface area contributed by atoms with Gasteiger partial charge in [0.2, 0.25) is 0 Å². The van der Waals surface area contributed by atoms with Crippen LogP contribution in [-0.4, -0.2) is 18.0 Å². The normalized spacial score (nSPS) is 55.0. The van der Waals surface area contributed by atoms with E-state index in [-0.39, 0.29) is 5.60 Å². The Labute approximate surface area is 163 Å². The molecule has 1 aliphatic heterocycles. The van der Waals surface area contributed by atoms with Crippen LogP contribution in [0.5, 0.6) is 0 Å². The van der Waals surface area contributed by atoms with Gasteiger partial charge in [-0.25, -0.2) is 0 Å². The number of ether oxygens (including phenoxy) is 1. The highest BCUT2D eigenvalue weighted by Gasteiger charge is 2.77. The fourth-order valence-electron chi connectivity index (χ4n) is 9.27. The molecule has 6 aliphatic rings. The molecule has 0 aromatic rings. The first kappa shape index (κ1) is 17.0. The van der Waals surface area contributed by atoms with Crippen LogP contribution in [0, 0.1) is 46.8 Å². The Kier molecular flexibility index (Phi) is 3.52. The van der Waals surface area contributed by atoms with Crippen LogP contribution < -0.4 is 0 Å². The standard InChI is InChI=1S/C25H34O2/c1-3-15-12-16-13-17(26)6-7-18(16)19-8-10-24(4-2)23(22(15)19)20-14-21(20)25(24)9-5-11-27-25/h5,9,13,15,18-23H,3-4,6-8,10-12,14H2,1-2H3/t15-,18-,19+,20+,21-,22+,23-,24-,25-/m0/s1. The van der Waals surface area contributed by atoms with Gasteiger partial charge in [0.25, 0.3) is 0 Å². The van der Waals surface area contributed by atoms with Crippen molar-refractivity contribution in [3.8, 4) is 0 Å². The fraction of sp³-hybridized carbons (Fsp3) is 0.800. The molecular formula is C25H34O2. The van der Waals surface area contributed by atoms with E-state index in [2.05, 4.69) is 32.1 Å². The molecule has 0 unspecified atom stereocenters. The molecule has 9 atom stereocenters. The Morgan fingerprint density at radius 3 is 2.85 bits per heavy atom. The van der Waals surface area contributed by atoms with Gasteiger partial charge in [0.15, 0.2) is 5.78 Å². The summed E-state index contributed by atoms with van der Waals surface area (Å²) in [7, 11) is 0. The molecule has 0 saturated heterocycles. The minimum Gasteiger partial charge on any atom is -0.366 e. The van der Waals surface area contributed by atoms with Gasteiger partial charge in [-0.05, 0) is 86.0 Å². The molecule has 1 spiro atoms. The van der Waals surface area contributed by atoms with E-state index in [1.54, 1.807) is 0 Å². The first-order valence-corrected chi connectivity index (χ1v) is 11.7. The van der Waals surface area contributed by atoms with Gasteiger partial charge in [-0.1, -0.05) is 38.0 Å². The highest BCUT2D eigenvalue weighted by Crippen LogP contribution is 2.79. The predicted octanol–water partition coefficient (Wildman–Crippen LogP) is 5.34. The molecule has 2 nitrogen and oxygen atoms in total. The number of fused-ring (bicyclic) bond motifs is 9.